The topological polar surface area (TPSA) is 55.8 Å². The first-order chi connectivity index (χ1) is 17.7. The fourth-order valence-electron chi connectivity index (χ4n) is 5.00. The van der Waals surface area contributed by atoms with Gasteiger partial charge in [0.1, 0.15) is 17.2 Å². The van der Waals surface area contributed by atoms with E-state index in [0.717, 1.165) is 0 Å². The van der Waals surface area contributed by atoms with Crippen LogP contribution in [0.15, 0.2) is 43.0 Å². The van der Waals surface area contributed by atoms with Crippen LogP contribution in [0.4, 0.5) is 20.5 Å². The molecule has 1 unspecified atom stereocenters. The molecule has 5 rings (SSSR count). The van der Waals surface area contributed by atoms with Crippen molar-refractivity contribution in [2.75, 3.05) is 56.6 Å². The second kappa shape index (κ2) is 9.87. The molecule has 0 saturated carbocycles. The molecule has 2 saturated heterocycles. The van der Waals surface area contributed by atoms with Crippen molar-refractivity contribution in [2.45, 2.75) is 19.0 Å². The predicted molar refractivity (Wildman–Crippen MR) is 143 cm³/mol. The quantitative estimate of drug-likeness (QED) is 0.464. The van der Waals surface area contributed by atoms with Gasteiger partial charge in [0.2, 0.25) is 11.9 Å². The lowest BCUT2D eigenvalue weighted by atomic mass is 10.0. The maximum Gasteiger partial charge on any atom is 0.246 e. The van der Waals surface area contributed by atoms with Crippen molar-refractivity contribution in [1.29, 1.82) is 0 Å². The number of benzene rings is 2. The van der Waals surface area contributed by atoms with Crippen LogP contribution in [-0.2, 0) is 4.79 Å². The molecule has 1 amide bonds. The monoisotopic (exact) mass is 526 g/mol. The number of piperazine rings is 1. The summed E-state index contributed by atoms with van der Waals surface area (Å²) in [5, 5.41) is 0.532. The van der Waals surface area contributed by atoms with Gasteiger partial charge in [-0.05, 0) is 39.2 Å². The number of likely N-dealkylation sites (N-methyl/N-ethyl adjacent to an activating group) is 1. The first-order valence-corrected chi connectivity index (χ1v) is 12.6. The van der Waals surface area contributed by atoms with Gasteiger partial charge in [-0.25, -0.2) is 13.8 Å². The molecule has 37 heavy (non-hydrogen) atoms. The lowest BCUT2D eigenvalue weighted by molar-refractivity contribution is -0.128. The minimum absolute atomic E-state index is 0.0209. The van der Waals surface area contributed by atoms with Gasteiger partial charge >= 0.3 is 0 Å². The highest BCUT2D eigenvalue weighted by atomic mass is 35.5. The Morgan fingerprint density at radius 2 is 1.86 bits per heavy atom. The van der Waals surface area contributed by atoms with Crippen LogP contribution in [0, 0.1) is 11.6 Å². The molecule has 2 aromatic carbocycles. The second-order valence-electron chi connectivity index (χ2n) is 9.82. The fourth-order valence-corrected chi connectivity index (χ4v) is 5.30. The molecule has 0 N–H and O–H groups in total. The van der Waals surface area contributed by atoms with Crippen LogP contribution >= 0.6 is 11.6 Å². The number of halogens is 3. The summed E-state index contributed by atoms with van der Waals surface area (Å²) in [5.41, 5.74) is 0.149. The second-order valence-corrected chi connectivity index (χ2v) is 10.2. The maximum absolute atomic E-state index is 16.2. The summed E-state index contributed by atoms with van der Waals surface area (Å²) < 4.78 is 30.8. The average molecular weight is 527 g/mol. The van der Waals surface area contributed by atoms with E-state index in [1.165, 1.54) is 18.2 Å². The van der Waals surface area contributed by atoms with Gasteiger partial charge < -0.3 is 19.6 Å². The minimum Gasteiger partial charge on any atom is -0.352 e. The Morgan fingerprint density at radius 3 is 2.51 bits per heavy atom. The molecule has 2 aliphatic heterocycles. The summed E-state index contributed by atoms with van der Waals surface area (Å²) in [4.78, 5) is 29.7. The van der Waals surface area contributed by atoms with Crippen LogP contribution in [0.2, 0.25) is 5.02 Å². The first-order valence-electron chi connectivity index (χ1n) is 12.2. The summed E-state index contributed by atoms with van der Waals surface area (Å²) in [6.45, 7) is 8.46. The number of anilines is 2. The number of hydrogen-bond donors (Lipinski definition) is 0. The van der Waals surface area contributed by atoms with Crippen LogP contribution in [0.1, 0.15) is 6.92 Å². The Bertz CT molecular complexity index is 1380. The van der Waals surface area contributed by atoms with E-state index < -0.39 is 11.6 Å². The molecular weight excluding hydrogens is 498 g/mol. The number of amides is 1. The highest BCUT2D eigenvalue weighted by molar-refractivity contribution is 6.34. The standard InChI is InChI=1S/C27H29ClF2N6O/c1-5-22(37)36-11-10-34(13-16(36)2)26-19-12-20(28)23(18-8-6-7-9-21(18)29)24(30)25(19)31-27(32-26)35-14-17(15-35)33(3)4/h5-9,12,16-17H,1,10-11,13-15H2,2-4H3. The zero-order valence-corrected chi connectivity index (χ0v) is 21.8. The smallest absolute Gasteiger partial charge is 0.246 e. The van der Waals surface area contributed by atoms with Crippen LogP contribution in [-0.4, -0.2) is 84.6 Å². The van der Waals surface area contributed by atoms with E-state index in [9.17, 15) is 9.18 Å². The summed E-state index contributed by atoms with van der Waals surface area (Å²) in [6, 6.07) is 7.83. The van der Waals surface area contributed by atoms with Gasteiger partial charge in [0, 0.05) is 61.3 Å². The van der Waals surface area contributed by atoms with Crippen molar-refractivity contribution in [2.24, 2.45) is 0 Å². The summed E-state index contributed by atoms with van der Waals surface area (Å²) >= 11 is 6.57. The number of hydrogen-bond acceptors (Lipinski definition) is 6. The van der Waals surface area contributed by atoms with Crippen molar-refractivity contribution in [3.05, 3.63) is 59.6 Å². The van der Waals surface area contributed by atoms with Gasteiger partial charge in [-0.3, -0.25) is 4.79 Å². The Labute approximate surface area is 219 Å². The van der Waals surface area contributed by atoms with Gasteiger partial charge in [0.05, 0.1) is 5.02 Å². The van der Waals surface area contributed by atoms with Crippen LogP contribution in [0.5, 0.6) is 0 Å². The van der Waals surface area contributed by atoms with E-state index in [2.05, 4.69) is 16.5 Å². The average Bonchev–Trinajstić information content (AvgIpc) is 2.83. The minimum atomic E-state index is -0.685. The number of fused-ring (bicyclic) bond motifs is 1. The molecular formula is C27H29ClF2N6O. The van der Waals surface area contributed by atoms with Crippen molar-refractivity contribution >= 4 is 40.2 Å². The molecule has 0 spiro atoms. The number of aromatic nitrogens is 2. The fraction of sp³-hybridized carbons (Fsp3) is 0.370. The van der Waals surface area contributed by atoms with E-state index >= 15 is 4.39 Å². The first kappa shape index (κ1) is 25.4. The predicted octanol–water partition coefficient (Wildman–Crippen LogP) is 4.20. The Kier molecular flexibility index (Phi) is 6.76. The van der Waals surface area contributed by atoms with E-state index in [-0.39, 0.29) is 33.6 Å². The molecule has 3 aromatic rings. The highest BCUT2D eigenvalue weighted by Gasteiger charge is 2.34. The van der Waals surface area contributed by atoms with Gasteiger partial charge in [0.15, 0.2) is 5.82 Å². The van der Waals surface area contributed by atoms with E-state index in [0.29, 0.717) is 55.9 Å². The van der Waals surface area contributed by atoms with Gasteiger partial charge in [-0.1, -0.05) is 36.4 Å². The largest absolute Gasteiger partial charge is 0.352 e. The normalized spacial score (nSPS) is 18.5. The van der Waals surface area contributed by atoms with E-state index in [4.69, 9.17) is 16.6 Å². The molecule has 10 heteroatoms. The van der Waals surface area contributed by atoms with E-state index in [1.807, 2.05) is 30.8 Å². The zero-order chi connectivity index (χ0) is 26.4. The number of nitrogens with zero attached hydrogens (tertiary/aromatic N) is 6. The van der Waals surface area contributed by atoms with Gasteiger partial charge in [0.25, 0.3) is 0 Å². The number of carbonyl (C=O) groups is 1. The third-order valence-electron chi connectivity index (χ3n) is 7.25. The summed E-state index contributed by atoms with van der Waals surface area (Å²) in [7, 11) is 4.03. The van der Waals surface area contributed by atoms with Gasteiger partial charge in [-0.2, -0.15) is 4.98 Å². The van der Waals surface area contributed by atoms with Crippen molar-refractivity contribution < 1.29 is 13.6 Å². The Balaban J connectivity index is 1.63. The lowest BCUT2D eigenvalue weighted by Crippen LogP contribution is -2.58. The number of carbonyl (C=O) groups excluding carboxylic acids is 1. The molecule has 0 radical (unpaired) electrons. The molecule has 3 heterocycles. The Morgan fingerprint density at radius 1 is 1.14 bits per heavy atom. The molecule has 2 aliphatic rings. The van der Waals surface area contributed by atoms with Crippen LogP contribution in [0.25, 0.3) is 22.0 Å². The molecule has 1 atom stereocenters. The molecule has 1 aromatic heterocycles. The van der Waals surface area contributed by atoms with Crippen molar-refractivity contribution in [1.82, 2.24) is 19.8 Å². The van der Waals surface area contributed by atoms with Crippen molar-refractivity contribution in [3.63, 3.8) is 0 Å². The SMILES string of the molecule is C=CC(=O)N1CCN(c2nc(N3CC(N(C)C)C3)nc3c(F)c(-c4ccccc4F)c(Cl)cc23)CC1C. The maximum atomic E-state index is 16.2. The van der Waals surface area contributed by atoms with Gasteiger partial charge in [-0.15, -0.1) is 0 Å². The number of rotatable bonds is 5. The molecule has 0 bridgehead atoms. The lowest BCUT2D eigenvalue weighted by Gasteiger charge is -2.43. The molecule has 2 fully saturated rings. The summed E-state index contributed by atoms with van der Waals surface area (Å²) in [6.07, 6.45) is 1.31. The van der Waals surface area contributed by atoms with Crippen LogP contribution in [0.3, 0.4) is 0 Å². The van der Waals surface area contributed by atoms with Crippen LogP contribution < -0.4 is 9.80 Å². The highest BCUT2D eigenvalue weighted by Crippen LogP contribution is 2.40. The molecule has 194 valence electrons. The zero-order valence-electron chi connectivity index (χ0n) is 21.1. The third-order valence-corrected chi connectivity index (χ3v) is 7.55. The third kappa shape index (κ3) is 4.51. The van der Waals surface area contributed by atoms with E-state index in [1.54, 1.807) is 23.1 Å². The Hall–Kier alpha value is -3.30. The summed E-state index contributed by atoms with van der Waals surface area (Å²) in [5.74, 6) is -0.411. The molecule has 0 aliphatic carbocycles. The molecule has 7 nitrogen and oxygen atoms in total. The van der Waals surface area contributed by atoms with Crippen molar-refractivity contribution in [3.8, 4) is 11.1 Å².